The Morgan fingerprint density at radius 2 is 2.04 bits per heavy atom. The van der Waals surface area contributed by atoms with Crippen molar-refractivity contribution in [2.45, 2.75) is 31.7 Å². The van der Waals surface area contributed by atoms with Gasteiger partial charge >= 0.3 is 0 Å². The Bertz CT molecular complexity index is 848. The van der Waals surface area contributed by atoms with Gasteiger partial charge in [-0.25, -0.2) is 0 Å². The van der Waals surface area contributed by atoms with Crippen LogP contribution in [-0.2, 0) is 20.8 Å². The van der Waals surface area contributed by atoms with Crippen molar-refractivity contribution in [2.75, 3.05) is 13.1 Å². The quantitative estimate of drug-likeness (QED) is 0.782. The van der Waals surface area contributed by atoms with Crippen LogP contribution >= 0.6 is 0 Å². The highest BCUT2D eigenvalue weighted by atomic mass is 16.5. The number of hydrogen-bond donors (Lipinski definition) is 2. The minimum atomic E-state index is -1.12. The van der Waals surface area contributed by atoms with Crippen molar-refractivity contribution in [2.24, 2.45) is 5.73 Å². The van der Waals surface area contributed by atoms with Crippen LogP contribution in [0, 0.1) is 0 Å². The number of rotatable bonds is 6. The van der Waals surface area contributed by atoms with Crippen molar-refractivity contribution >= 4 is 17.7 Å². The number of aromatic nitrogens is 1. The maximum absolute atomic E-state index is 12.9. The summed E-state index contributed by atoms with van der Waals surface area (Å²) in [4.78, 5) is 37.6. The van der Waals surface area contributed by atoms with Gasteiger partial charge in [-0.05, 0) is 12.8 Å². The molecule has 3 rings (SSSR count). The number of nitrogens with zero attached hydrogens (tertiary/aromatic N) is 2. The normalized spacial score (nSPS) is 19.1. The average Bonchev–Trinajstić information content (AvgIpc) is 3.28. The molecule has 0 spiro atoms. The van der Waals surface area contributed by atoms with Crippen LogP contribution in [0.4, 0.5) is 0 Å². The van der Waals surface area contributed by atoms with Gasteiger partial charge in [0.2, 0.25) is 17.7 Å². The molecular formula is C19H22N4O4. The molecule has 1 aliphatic heterocycles. The van der Waals surface area contributed by atoms with Crippen LogP contribution in [0.25, 0.3) is 11.3 Å². The number of hydrogen-bond acceptors (Lipinski definition) is 5. The molecule has 2 heterocycles. The lowest BCUT2D eigenvalue weighted by Crippen LogP contribution is -2.59. The number of amides is 3. The second-order valence-electron chi connectivity index (χ2n) is 6.68. The van der Waals surface area contributed by atoms with Gasteiger partial charge in [0.15, 0.2) is 0 Å². The summed E-state index contributed by atoms with van der Waals surface area (Å²) in [5.74, 6) is -0.760. The van der Waals surface area contributed by atoms with Crippen molar-refractivity contribution < 1.29 is 18.9 Å². The predicted octanol–water partition coefficient (Wildman–Crippen LogP) is 0.867. The molecule has 1 fully saturated rings. The van der Waals surface area contributed by atoms with Gasteiger partial charge < -0.3 is 20.5 Å². The fourth-order valence-corrected chi connectivity index (χ4v) is 3.60. The van der Waals surface area contributed by atoms with E-state index < -0.39 is 17.4 Å². The summed E-state index contributed by atoms with van der Waals surface area (Å²) >= 11 is 0. The first kappa shape index (κ1) is 18.6. The summed E-state index contributed by atoms with van der Waals surface area (Å²) in [6.07, 6.45) is 1.33. The van der Waals surface area contributed by atoms with E-state index in [-0.39, 0.29) is 18.9 Å². The summed E-state index contributed by atoms with van der Waals surface area (Å²) in [6.45, 7) is 1.62. The molecule has 2 aromatic rings. The second-order valence-corrected chi connectivity index (χ2v) is 6.68. The van der Waals surface area contributed by atoms with Crippen molar-refractivity contribution in [3.63, 3.8) is 0 Å². The molecular weight excluding hydrogens is 348 g/mol. The van der Waals surface area contributed by atoms with E-state index in [0.717, 1.165) is 5.56 Å². The molecule has 1 atom stereocenters. The van der Waals surface area contributed by atoms with Gasteiger partial charge in [0.25, 0.3) is 0 Å². The van der Waals surface area contributed by atoms with E-state index in [0.29, 0.717) is 30.8 Å². The standard InChI is InChI=1S/C19H22N4O4/c1-13(24)23-9-5-8-19(23,18(26)21-12-17(20)25)11-15-10-16(22-27-15)14-6-3-2-4-7-14/h2-4,6-7,10H,5,8-9,11-12H2,1H3,(H2,20,25)(H,21,26). The minimum absolute atomic E-state index is 0.178. The smallest absolute Gasteiger partial charge is 0.246 e. The van der Waals surface area contributed by atoms with Gasteiger partial charge in [-0.15, -0.1) is 0 Å². The van der Waals surface area contributed by atoms with Crippen LogP contribution in [0.15, 0.2) is 40.9 Å². The summed E-state index contributed by atoms with van der Waals surface area (Å²) < 4.78 is 5.45. The number of nitrogens with one attached hydrogen (secondary N) is 1. The molecule has 0 saturated carbocycles. The number of nitrogens with two attached hydrogens (primary N) is 1. The van der Waals surface area contributed by atoms with Crippen molar-refractivity contribution in [1.82, 2.24) is 15.4 Å². The minimum Gasteiger partial charge on any atom is -0.368 e. The molecule has 1 aromatic heterocycles. The lowest BCUT2D eigenvalue weighted by atomic mass is 9.89. The Morgan fingerprint density at radius 1 is 1.30 bits per heavy atom. The first-order valence-corrected chi connectivity index (χ1v) is 8.78. The average molecular weight is 370 g/mol. The van der Waals surface area contributed by atoms with Crippen molar-refractivity contribution in [1.29, 1.82) is 0 Å². The molecule has 0 aliphatic carbocycles. The molecule has 1 aromatic carbocycles. The number of likely N-dealkylation sites (tertiary alicyclic amines) is 1. The lowest BCUT2D eigenvalue weighted by Gasteiger charge is -2.35. The van der Waals surface area contributed by atoms with Crippen LogP contribution in [-0.4, -0.2) is 46.4 Å². The zero-order chi connectivity index (χ0) is 19.4. The lowest BCUT2D eigenvalue weighted by molar-refractivity contribution is -0.144. The molecule has 0 radical (unpaired) electrons. The Balaban J connectivity index is 1.88. The van der Waals surface area contributed by atoms with Crippen molar-refractivity contribution in [3.05, 3.63) is 42.2 Å². The van der Waals surface area contributed by atoms with Gasteiger partial charge in [-0.1, -0.05) is 35.5 Å². The number of primary amides is 1. The summed E-state index contributed by atoms with van der Waals surface area (Å²) in [5, 5.41) is 6.62. The van der Waals surface area contributed by atoms with E-state index in [4.69, 9.17) is 10.3 Å². The maximum Gasteiger partial charge on any atom is 0.246 e. The fraction of sp³-hybridized carbons (Fsp3) is 0.368. The van der Waals surface area contributed by atoms with E-state index in [9.17, 15) is 14.4 Å². The molecule has 0 bridgehead atoms. The largest absolute Gasteiger partial charge is 0.368 e. The SMILES string of the molecule is CC(=O)N1CCCC1(Cc1cc(-c2ccccc2)no1)C(=O)NCC(N)=O. The van der Waals surface area contributed by atoms with Gasteiger partial charge in [0.05, 0.1) is 6.54 Å². The molecule has 8 nitrogen and oxygen atoms in total. The van der Waals surface area contributed by atoms with Gasteiger partial charge in [0, 0.05) is 31.5 Å². The number of carbonyl (C=O) groups excluding carboxylic acids is 3. The first-order chi connectivity index (χ1) is 12.9. The highest BCUT2D eigenvalue weighted by Crippen LogP contribution is 2.34. The third-order valence-electron chi connectivity index (χ3n) is 4.81. The van der Waals surface area contributed by atoms with E-state index in [1.165, 1.54) is 11.8 Å². The van der Waals surface area contributed by atoms with E-state index in [1.807, 2.05) is 30.3 Å². The van der Waals surface area contributed by atoms with Crippen LogP contribution in [0.3, 0.4) is 0 Å². The molecule has 3 N–H and O–H groups in total. The Labute approximate surface area is 156 Å². The number of benzene rings is 1. The third kappa shape index (κ3) is 3.84. The Morgan fingerprint density at radius 3 is 2.70 bits per heavy atom. The summed E-state index contributed by atoms with van der Waals surface area (Å²) in [6, 6.07) is 11.3. The Hall–Kier alpha value is -3.16. The highest BCUT2D eigenvalue weighted by Gasteiger charge is 2.49. The van der Waals surface area contributed by atoms with Gasteiger partial charge in [-0.2, -0.15) is 0 Å². The molecule has 27 heavy (non-hydrogen) atoms. The Kier molecular flexibility index (Phi) is 5.25. The monoisotopic (exact) mass is 370 g/mol. The molecule has 142 valence electrons. The van der Waals surface area contributed by atoms with Gasteiger partial charge in [0.1, 0.15) is 17.0 Å². The van der Waals surface area contributed by atoms with Crippen LogP contribution in [0.5, 0.6) is 0 Å². The summed E-state index contributed by atoms with van der Waals surface area (Å²) in [7, 11) is 0. The van der Waals surface area contributed by atoms with Crippen LogP contribution in [0.1, 0.15) is 25.5 Å². The van der Waals surface area contributed by atoms with E-state index in [2.05, 4.69) is 10.5 Å². The molecule has 3 amide bonds. The fourth-order valence-electron chi connectivity index (χ4n) is 3.60. The second kappa shape index (κ2) is 7.61. The predicted molar refractivity (Wildman–Crippen MR) is 97.2 cm³/mol. The topological polar surface area (TPSA) is 119 Å². The molecule has 1 unspecified atom stereocenters. The van der Waals surface area contributed by atoms with Gasteiger partial charge in [-0.3, -0.25) is 14.4 Å². The van der Waals surface area contributed by atoms with E-state index in [1.54, 1.807) is 6.07 Å². The van der Waals surface area contributed by atoms with Crippen LogP contribution < -0.4 is 11.1 Å². The van der Waals surface area contributed by atoms with Crippen molar-refractivity contribution in [3.8, 4) is 11.3 Å². The molecule has 1 saturated heterocycles. The zero-order valence-corrected chi connectivity index (χ0v) is 15.1. The molecule has 1 aliphatic rings. The van der Waals surface area contributed by atoms with Crippen LogP contribution in [0.2, 0.25) is 0 Å². The maximum atomic E-state index is 12.9. The number of carbonyl (C=O) groups is 3. The third-order valence-corrected chi connectivity index (χ3v) is 4.81. The first-order valence-electron chi connectivity index (χ1n) is 8.78. The molecule has 8 heteroatoms. The van der Waals surface area contributed by atoms with E-state index >= 15 is 0 Å². The summed E-state index contributed by atoms with van der Waals surface area (Å²) in [5.41, 5.74) is 5.57. The zero-order valence-electron chi connectivity index (χ0n) is 15.1. The highest BCUT2D eigenvalue weighted by molar-refractivity contribution is 5.94.